The highest BCUT2D eigenvalue weighted by atomic mass is 16.1. The second kappa shape index (κ2) is 5.92. The zero-order chi connectivity index (χ0) is 14.7. The first kappa shape index (κ1) is 13.6. The molecule has 0 saturated carbocycles. The van der Waals surface area contributed by atoms with E-state index in [1.54, 1.807) is 6.20 Å². The van der Waals surface area contributed by atoms with Crippen molar-refractivity contribution in [3.8, 4) is 0 Å². The van der Waals surface area contributed by atoms with Gasteiger partial charge in [-0.05, 0) is 60.2 Å². The van der Waals surface area contributed by atoms with Crippen LogP contribution in [0.3, 0.4) is 0 Å². The first-order chi connectivity index (χ1) is 10.3. The smallest absolute Gasteiger partial charge is 0.224 e. The first-order valence-electron chi connectivity index (χ1n) is 7.23. The Kier molecular flexibility index (Phi) is 3.82. The molecule has 0 spiro atoms. The number of allylic oxidation sites excluding steroid dienone is 2. The molecule has 0 fully saturated rings. The fourth-order valence-corrected chi connectivity index (χ4v) is 2.68. The lowest BCUT2D eigenvalue weighted by Gasteiger charge is -2.18. The number of benzene rings is 1. The van der Waals surface area contributed by atoms with E-state index in [2.05, 4.69) is 41.5 Å². The number of carbonyl (C=O) groups is 1. The summed E-state index contributed by atoms with van der Waals surface area (Å²) in [4.78, 5) is 15.6. The average molecular weight is 278 g/mol. The molecule has 3 heteroatoms. The van der Waals surface area contributed by atoms with Crippen molar-refractivity contribution in [3.05, 3.63) is 65.5 Å². The van der Waals surface area contributed by atoms with E-state index in [1.165, 1.54) is 22.3 Å². The predicted molar refractivity (Wildman–Crippen MR) is 85.0 cm³/mol. The Hall–Kier alpha value is -2.42. The van der Waals surface area contributed by atoms with E-state index in [0.29, 0.717) is 6.42 Å². The summed E-state index contributed by atoms with van der Waals surface area (Å²) in [6.07, 6.45) is 8.11. The number of pyridine rings is 1. The van der Waals surface area contributed by atoms with Crippen LogP contribution < -0.4 is 5.32 Å². The highest BCUT2D eigenvalue weighted by Gasteiger charge is 2.15. The summed E-state index contributed by atoms with van der Waals surface area (Å²) in [6, 6.07) is 10.3. The van der Waals surface area contributed by atoms with Gasteiger partial charge in [0.25, 0.3) is 0 Å². The van der Waals surface area contributed by atoms with Gasteiger partial charge in [-0.2, -0.15) is 0 Å². The highest BCUT2D eigenvalue weighted by Crippen LogP contribution is 2.28. The van der Waals surface area contributed by atoms with E-state index in [4.69, 9.17) is 0 Å². The number of amides is 1. The Bertz CT molecular complexity index is 690. The van der Waals surface area contributed by atoms with Crippen LogP contribution in [0.2, 0.25) is 0 Å². The van der Waals surface area contributed by atoms with Gasteiger partial charge in [-0.15, -0.1) is 0 Å². The molecule has 1 amide bonds. The maximum absolute atomic E-state index is 11.4. The van der Waals surface area contributed by atoms with Crippen LogP contribution in [0.5, 0.6) is 0 Å². The van der Waals surface area contributed by atoms with Crippen LogP contribution in [-0.4, -0.2) is 10.9 Å². The molecule has 0 radical (unpaired) electrons. The highest BCUT2D eigenvalue weighted by molar-refractivity contribution is 5.94. The molecule has 1 N–H and O–H groups in total. The van der Waals surface area contributed by atoms with E-state index in [0.717, 1.165) is 18.5 Å². The van der Waals surface area contributed by atoms with Crippen molar-refractivity contribution in [2.45, 2.75) is 26.2 Å². The summed E-state index contributed by atoms with van der Waals surface area (Å²) < 4.78 is 0. The van der Waals surface area contributed by atoms with Gasteiger partial charge in [0, 0.05) is 24.5 Å². The molecule has 21 heavy (non-hydrogen) atoms. The van der Waals surface area contributed by atoms with Gasteiger partial charge >= 0.3 is 0 Å². The van der Waals surface area contributed by atoms with Crippen molar-refractivity contribution in [3.63, 3.8) is 0 Å². The number of nitrogens with zero attached hydrogens (tertiary/aromatic N) is 1. The summed E-state index contributed by atoms with van der Waals surface area (Å²) in [5, 5.41) is 2.93. The van der Waals surface area contributed by atoms with Crippen molar-refractivity contribution in [1.82, 2.24) is 4.98 Å². The molecule has 3 nitrogen and oxygen atoms in total. The Morgan fingerprint density at radius 2 is 2.24 bits per heavy atom. The largest absolute Gasteiger partial charge is 0.326 e. The zero-order valence-corrected chi connectivity index (χ0v) is 12.1. The fraction of sp³-hybridized carbons (Fsp3) is 0.222. The van der Waals surface area contributed by atoms with Gasteiger partial charge in [-0.3, -0.25) is 9.78 Å². The van der Waals surface area contributed by atoms with E-state index in [1.807, 2.05) is 18.3 Å². The number of aromatic nitrogens is 1. The minimum absolute atomic E-state index is 0.108. The standard InChI is InChI=1S/C18H18N2O/c1-2-14(10-13-4-3-9-19-12-13)15-5-7-17-16(11-15)6-8-18(21)20-17/h2-5,7,9,11-12H,6,8,10H2,1H3,(H,20,21). The molecule has 106 valence electrons. The lowest BCUT2D eigenvalue weighted by Crippen LogP contribution is -2.18. The van der Waals surface area contributed by atoms with Gasteiger partial charge in [0.1, 0.15) is 0 Å². The summed E-state index contributed by atoms with van der Waals surface area (Å²) in [5.41, 5.74) is 5.88. The minimum atomic E-state index is 0.108. The predicted octanol–water partition coefficient (Wildman–Crippen LogP) is 3.61. The second-order valence-electron chi connectivity index (χ2n) is 5.27. The molecule has 1 aromatic carbocycles. The van der Waals surface area contributed by atoms with Crippen LogP contribution in [0.4, 0.5) is 5.69 Å². The molecule has 1 aliphatic heterocycles. The molecule has 0 aliphatic carbocycles. The first-order valence-corrected chi connectivity index (χ1v) is 7.23. The Morgan fingerprint density at radius 1 is 1.33 bits per heavy atom. The van der Waals surface area contributed by atoms with E-state index < -0.39 is 0 Å². The molecule has 0 saturated heterocycles. The number of hydrogen-bond acceptors (Lipinski definition) is 2. The SMILES string of the molecule is CC=C(Cc1cccnc1)c1ccc2c(c1)CCC(=O)N2. The summed E-state index contributed by atoms with van der Waals surface area (Å²) >= 11 is 0. The number of fused-ring (bicyclic) bond motifs is 1. The monoisotopic (exact) mass is 278 g/mol. The molecule has 2 aromatic rings. The Labute approximate surface area is 124 Å². The van der Waals surface area contributed by atoms with Gasteiger partial charge in [0.05, 0.1) is 0 Å². The number of anilines is 1. The van der Waals surface area contributed by atoms with Gasteiger partial charge in [0.2, 0.25) is 5.91 Å². The molecule has 2 heterocycles. The molecule has 3 rings (SSSR count). The van der Waals surface area contributed by atoms with Crippen LogP contribution in [0.25, 0.3) is 5.57 Å². The van der Waals surface area contributed by atoms with Gasteiger partial charge < -0.3 is 5.32 Å². The van der Waals surface area contributed by atoms with Crippen LogP contribution in [0.1, 0.15) is 30.0 Å². The van der Waals surface area contributed by atoms with Crippen molar-refractivity contribution >= 4 is 17.2 Å². The van der Waals surface area contributed by atoms with Crippen LogP contribution in [0, 0.1) is 0 Å². The third kappa shape index (κ3) is 3.02. The van der Waals surface area contributed by atoms with Gasteiger partial charge in [0.15, 0.2) is 0 Å². The third-order valence-corrected chi connectivity index (χ3v) is 3.84. The van der Waals surface area contributed by atoms with E-state index in [-0.39, 0.29) is 5.91 Å². The lowest BCUT2D eigenvalue weighted by atomic mass is 9.94. The maximum Gasteiger partial charge on any atom is 0.224 e. The van der Waals surface area contributed by atoms with Gasteiger partial charge in [-0.25, -0.2) is 0 Å². The molecule has 1 aromatic heterocycles. The molecule has 0 atom stereocenters. The van der Waals surface area contributed by atoms with Crippen molar-refractivity contribution in [2.24, 2.45) is 0 Å². The molecule has 1 aliphatic rings. The van der Waals surface area contributed by atoms with Crippen LogP contribution >= 0.6 is 0 Å². The fourth-order valence-electron chi connectivity index (χ4n) is 2.68. The second-order valence-corrected chi connectivity index (χ2v) is 5.27. The van der Waals surface area contributed by atoms with Crippen LogP contribution in [0.15, 0.2) is 48.8 Å². The summed E-state index contributed by atoms with van der Waals surface area (Å²) in [7, 11) is 0. The molecular weight excluding hydrogens is 260 g/mol. The van der Waals surface area contributed by atoms with Crippen molar-refractivity contribution < 1.29 is 4.79 Å². The number of aryl methyl sites for hydroxylation is 1. The number of hydrogen-bond donors (Lipinski definition) is 1. The van der Waals surface area contributed by atoms with E-state index in [9.17, 15) is 4.79 Å². The average Bonchev–Trinajstić information content (AvgIpc) is 2.53. The lowest BCUT2D eigenvalue weighted by molar-refractivity contribution is -0.116. The normalized spacial score (nSPS) is 14.5. The minimum Gasteiger partial charge on any atom is -0.326 e. The number of rotatable bonds is 3. The van der Waals surface area contributed by atoms with Crippen LogP contribution in [-0.2, 0) is 17.6 Å². The summed E-state index contributed by atoms with van der Waals surface area (Å²) in [6.45, 7) is 2.06. The third-order valence-electron chi connectivity index (χ3n) is 3.84. The van der Waals surface area contributed by atoms with E-state index >= 15 is 0 Å². The topological polar surface area (TPSA) is 42.0 Å². The number of carbonyl (C=O) groups excluding carboxylic acids is 1. The molecule has 0 unspecified atom stereocenters. The molecule has 0 bridgehead atoms. The summed E-state index contributed by atoms with van der Waals surface area (Å²) in [5.74, 6) is 0.108. The van der Waals surface area contributed by atoms with Gasteiger partial charge in [-0.1, -0.05) is 18.2 Å². The van der Waals surface area contributed by atoms with Crippen molar-refractivity contribution in [2.75, 3.05) is 5.32 Å². The zero-order valence-electron chi connectivity index (χ0n) is 12.1. The molecular formula is C18H18N2O. The Morgan fingerprint density at radius 3 is 3.00 bits per heavy atom. The Balaban J connectivity index is 1.87. The van der Waals surface area contributed by atoms with Crippen molar-refractivity contribution in [1.29, 1.82) is 0 Å². The number of nitrogens with one attached hydrogen (secondary N) is 1. The maximum atomic E-state index is 11.4. The quantitative estimate of drug-likeness (QED) is 0.931.